The topological polar surface area (TPSA) is 56.3 Å². The van der Waals surface area contributed by atoms with E-state index in [1.54, 1.807) is 7.11 Å². The summed E-state index contributed by atoms with van der Waals surface area (Å²) in [5.41, 5.74) is 1.06. The molecule has 0 fully saturated rings. The van der Waals surface area contributed by atoms with E-state index in [9.17, 15) is 0 Å². The predicted molar refractivity (Wildman–Crippen MR) is 82.8 cm³/mol. The molecule has 2 aromatic rings. The lowest BCUT2D eigenvalue weighted by molar-refractivity contribution is 0.184. The minimum Gasteiger partial charge on any atom is -0.439 e. The van der Waals surface area contributed by atoms with Crippen molar-refractivity contribution in [1.82, 2.24) is 9.97 Å². The zero-order chi connectivity index (χ0) is 15.1. The highest BCUT2D eigenvalue weighted by Gasteiger charge is 2.05. The number of benzene rings is 1. The standard InChI is InChI=1S/C16H21N3O2/c1-4-8-17-15-10-16(19-12(2)18-15)21-14-7-5-6-13(9-14)11-20-3/h5-7,9-10H,4,8,11H2,1-3H3,(H,17,18,19). The molecule has 5 nitrogen and oxygen atoms in total. The van der Waals surface area contributed by atoms with Gasteiger partial charge < -0.3 is 14.8 Å². The van der Waals surface area contributed by atoms with Crippen molar-refractivity contribution in [2.45, 2.75) is 26.9 Å². The molecule has 0 aliphatic carbocycles. The van der Waals surface area contributed by atoms with E-state index in [2.05, 4.69) is 22.2 Å². The number of rotatable bonds is 7. The van der Waals surface area contributed by atoms with Crippen molar-refractivity contribution in [3.8, 4) is 11.6 Å². The number of anilines is 1. The average Bonchev–Trinajstić information content (AvgIpc) is 2.45. The quantitative estimate of drug-likeness (QED) is 0.844. The molecule has 0 saturated heterocycles. The van der Waals surface area contributed by atoms with Gasteiger partial charge in [0.1, 0.15) is 17.4 Å². The fraction of sp³-hybridized carbons (Fsp3) is 0.375. The van der Waals surface area contributed by atoms with Gasteiger partial charge in [0.15, 0.2) is 0 Å². The monoisotopic (exact) mass is 287 g/mol. The summed E-state index contributed by atoms with van der Waals surface area (Å²) in [5, 5.41) is 3.24. The van der Waals surface area contributed by atoms with Gasteiger partial charge in [0, 0.05) is 19.7 Å². The molecule has 1 aromatic carbocycles. The number of aryl methyl sites for hydroxylation is 1. The number of nitrogens with one attached hydrogen (secondary N) is 1. The molecule has 0 saturated carbocycles. The Morgan fingerprint density at radius 3 is 2.81 bits per heavy atom. The van der Waals surface area contributed by atoms with Gasteiger partial charge in [-0.1, -0.05) is 19.1 Å². The van der Waals surface area contributed by atoms with Crippen LogP contribution in [0.5, 0.6) is 11.6 Å². The number of nitrogens with zero attached hydrogens (tertiary/aromatic N) is 2. The average molecular weight is 287 g/mol. The molecule has 2 rings (SSSR count). The predicted octanol–water partition coefficient (Wildman–Crippen LogP) is 3.55. The van der Waals surface area contributed by atoms with E-state index in [0.717, 1.165) is 30.1 Å². The third-order valence-corrected chi connectivity index (χ3v) is 2.80. The van der Waals surface area contributed by atoms with Crippen molar-refractivity contribution in [1.29, 1.82) is 0 Å². The second kappa shape index (κ2) is 7.59. The Morgan fingerprint density at radius 2 is 2.05 bits per heavy atom. The van der Waals surface area contributed by atoms with Gasteiger partial charge >= 0.3 is 0 Å². The van der Waals surface area contributed by atoms with Crippen LogP contribution in [-0.4, -0.2) is 23.6 Å². The summed E-state index contributed by atoms with van der Waals surface area (Å²) in [6.07, 6.45) is 1.04. The molecule has 1 heterocycles. The number of hydrogen-bond acceptors (Lipinski definition) is 5. The third-order valence-electron chi connectivity index (χ3n) is 2.80. The minimum absolute atomic E-state index is 0.538. The first-order chi connectivity index (χ1) is 10.2. The van der Waals surface area contributed by atoms with Crippen LogP contribution in [0.25, 0.3) is 0 Å². The number of aromatic nitrogens is 2. The highest BCUT2D eigenvalue weighted by molar-refractivity contribution is 5.40. The van der Waals surface area contributed by atoms with E-state index in [4.69, 9.17) is 9.47 Å². The van der Waals surface area contributed by atoms with Crippen molar-refractivity contribution in [2.24, 2.45) is 0 Å². The molecule has 5 heteroatoms. The molecule has 0 unspecified atom stereocenters. The third kappa shape index (κ3) is 4.72. The summed E-state index contributed by atoms with van der Waals surface area (Å²) in [4.78, 5) is 8.65. The zero-order valence-electron chi connectivity index (χ0n) is 12.7. The second-order valence-electron chi connectivity index (χ2n) is 4.75. The van der Waals surface area contributed by atoms with E-state index in [1.165, 1.54) is 0 Å². The zero-order valence-corrected chi connectivity index (χ0v) is 12.7. The fourth-order valence-electron chi connectivity index (χ4n) is 1.92. The van der Waals surface area contributed by atoms with Gasteiger partial charge in [-0.15, -0.1) is 0 Å². The SMILES string of the molecule is CCCNc1cc(Oc2cccc(COC)c2)nc(C)n1. The Labute approximate surface area is 125 Å². The molecule has 0 bridgehead atoms. The molecule has 0 amide bonds. The van der Waals surface area contributed by atoms with Crippen LogP contribution in [0, 0.1) is 6.92 Å². The van der Waals surface area contributed by atoms with Crippen LogP contribution in [0.2, 0.25) is 0 Å². The van der Waals surface area contributed by atoms with Gasteiger partial charge in [-0.25, -0.2) is 4.98 Å². The van der Waals surface area contributed by atoms with Gasteiger partial charge in [-0.3, -0.25) is 0 Å². The molecule has 21 heavy (non-hydrogen) atoms. The highest BCUT2D eigenvalue weighted by atomic mass is 16.5. The fourth-order valence-corrected chi connectivity index (χ4v) is 1.92. The summed E-state index contributed by atoms with van der Waals surface area (Å²) in [5.74, 6) is 2.74. The van der Waals surface area contributed by atoms with Crippen LogP contribution < -0.4 is 10.1 Å². The number of ether oxygens (including phenoxy) is 2. The van der Waals surface area contributed by atoms with E-state index in [0.29, 0.717) is 18.3 Å². The number of methoxy groups -OCH3 is 1. The normalized spacial score (nSPS) is 10.4. The van der Waals surface area contributed by atoms with Crippen LogP contribution in [-0.2, 0) is 11.3 Å². The molecule has 0 radical (unpaired) electrons. The molecule has 112 valence electrons. The van der Waals surface area contributed by atoms with E-state index < -0.39 is 0 Å². The Morgan fingerprint density at radius 1 is 1.19 bits per heavy atom. The first-order valence-electron chi connectivity index (χ1n) is 7.06. The molecule has 0 atom stereocenters. The van der Waals surface area contributed by atoms with Crippen LogP contribution in [0.15, 0.2) is 30.3 Å². The van der Waals surface area contributed by atoms with Crippen molar-refractivity contribution in [3.63, 3.8) is 0 Å². The molecule has 0 aliphatic rings. The maximum Gasteiger partial charge on any atom is 0.224 e. The Bertz CT molecular complexity index is 587. The van der Waals surface area contributed by atoms with Gasteiger partial charge in [0.2, 0.25) is 5.88 Å². The van der Waals surface area contributed by atoms with Gasteiger partial charge in [-0.05, 0) is 31.0 Å². The van der Waals surface area contributed by atoms with Gasteiger partial charge in [-0.2, -0.15) is 4.98 Å². The highest BCUT2D eigenvalue weighted by Crippen LogP contribution is 2.22. The van der Waals surface area contributed by atoms with Crippen molar-refractivity contribution in [2.75, 3.05) is 19.0 Å². The first-order valence-corrected chi connectivity index (χ1v) is 7.06. The molecule has 1 aromatic heterocycles. The molecule has 1 N–H and O–H groups in total. The van der Waals surface area contributed by atoms with Crippen molar-refractivity contribution >= 4 is 5.82 Å². The summed E-state index contributed by atoms with van der Waals surface area (Å²) < 4.78 is 10.9. The van der Waals surface area contributed by atoms with E-state index in [-0.39, 0.29) is 0 Å². The summed E-state index contributed by atoms with van der Waals surface area (Å²) in [6.45, 7) is 5.40. The largest absolute Gasteiger partial charge is 0.439 e. The number of hydrogen-bond donors (Lipinski definition) is 1. The Kier molecular flexibility index (Phi) is 5.51. The lowest BCUT2D eigenvalue weighted by Gasteiger charge is -2.09. The molecular weight excluding hydrogens is 266 g/mol. The van der Waals surface area contributed by atoms with Gasteiger partial charge in [0.25, 0.3) is 0 Å². The molecule has 0 spiro atoms. The minimum atomic E-state index is 0.538. The van der Waals surface area contributed by atoms with Crippen LogP contribution in [0.4, 0.5) is 5.82 Å². The van der Waals surface area contributed by atoms with E-state index in [1.807, 2.05) is 37.3 Å². The molecular formula is C16H21N3O2. The van der Waals surface area contributed by atoms with Gasteiger partial charge in [0.05, 0.1) is 6.61 Å². The lowest BCUT2D eigenvalue weighted by Crippen LogP contribution is -2.04. The smallest absolute Gasteiger partial charge is 0.224 e. The summed E-state index contributed by atoms with van der Waals surface area (Å²) in [7, 11) is 1.67. The Hall–Kier alpha value is -2.14. The molecule has 0 aliphatic heterocycles. The van der Waals surface area contributed by atoms with Crippen molar-refractivity contribution < 1.29 is 9.47 Å². The first kappa shape index (κ1) is 15.3. The second-order valence-corrected chi connectivity index (χ2v) is 4.75. The maximum absolute atomic E-state index is 5.82. The lowest BCUT2D eigenvalue weighted by atomic mass is 10.2. The Balaban J connectivity index is 2.14. The summed E-state index contributed by atoms with van der Waals surface area (Å²) in [6, 6.07) is 9.59. The van der Waals surface area contributed by atoms with Crippen LogP contribution in [0.1, 0.15) is 24.7 Å². The maximum atomic E-state index is 5.82. The van der Waals surface area contributed by atoms with Crippen LogP contribution >= 0.6 is 0 Å². The van der Waals surface area contributed by atoms with Crippen LogP contribution in [0.3, 0.4) is 0 Å². The van der Waals surface area contributed by atoms with E-state index >= 15 is 0 Å². The van der Waals surface area contributed by atoms with Crippen molar-refractivity contribution in [3.05, 3.63) is 41.7 Å². The summed E-state index contributed by atoms with van der Waals surface area (Å²) >= 11 is 0.